The predicted octanol–water partition coefficient (Wildman–Crippen LogP) is 9.53. The van der Waals surface area contributed by atoms with Crippen molar-refractivity contribution in [1.29, 1.82) is 0 Å². The first-order valence-corrected chi connectivity index (χ1v) is 14.5. The Bertz CT molecular complexity index is 2260. The van der Waals surface area contributed by atoms with Crippen LogP contribution in [0.25, 0.3) is 66.6 Å². The molecule has 0 saturated heterocycles. The quantitative estimate of drug-likeness (QED) is 0.168. The molecule has 0 N–H and O–H groups in total. The molecule has 6 heteroatoms. The van der Waals surface area contributed by atoms with Crippen molar-refractivity contribution in [3.05, 3.63) is 145 Å². The van der Waals surface area contributed by atoms with Crippen LogP contribution in [0, 0.1) is 32.9 Å². The Labute approximate surface area is 275 Å². The SMILES string of the molecule is Cc1ccc(-c2[c-]cccc2)nc1.Cc1ccc2c(n1)oc1c(-c3cc(-c4ccc5ncccc5c4C)ccn3)[c-]ccc12.[Ir]. The first-order valence-electron chi connectivity index (χ1n) is 14.5. The van der Waals surface area contributed by atoms with Crippen molar-refractivity contribution < 1.29 is 24.5 Å². The van der Waals surface area contributed by atoms with Gasteiger partial charge in [-0.15, -0.1) is 54.1 Å². The fourth-order valence-electron chi connectivity index (χ4n) is 5.43. The monoisotopic (exact) mass is 761 g/mol. The summed E-state index contributed by atoms with van der Waals surface area (Å²) in [7, 11) is 0. The molecule has 5 aromatic heterocycles. The molecule has 45 heavy (non-hydrogen) atoms. The van der Waals surface area contributed by atoms with Crippen LogP contribution in [0.4, 0.5) is 0 Å². The number of hydrogen-bond donors (Lipinski definition) is 0. The smallest absolute Gasteiger partial charge is 0.216 e. The van der Waals surface area contributed by atoms with E-state index in [2.05, 4.69) is 75.4 Å². The van der Waals surface area contributed by atoms with Crippen LogP contribution in [0.1, 0.15) is 16.8 Å². The van der Waals surface area contributed by atoms with E-state index in [1.807, 2.05) is 93.1 Å². The van der Waals surface area contributed by atoms with Crippen molar-refractivity contribution in [2.24, 2.45) is 0 Å². The van der Waals surface area contributed by atoms with Crippen LogP contribution in [0.5, 0.6) is 0 Å². The molecule has 0 saturated carbocycles. The molecule has 0 amide bonds. The van der Waals surface area contributed by atoms with Gasteiger partial charge in [-0.05, 0) is 84.7 Å². The second-order valence-electron chi connectivity index (χ2n) is 10.7. The molecule has 0 aliphatic carbocycles. The Kier molecular flexibility index (Phi) is 8.61. The third-order valence-corrected chi connectivity index (χ3v) is 7.72. The Morgan fingerprint density at radius 1 is 0.667 bits per heavy atom. The summed E-state index contributed by atoms with van der Waals surface area (Å²) in [6, 6.07) is 38.8. The average Bonchev–Trinajstić information content (AvgIpc) is 3.44. The first-order chi connectivity index (χ1) is 21.5. The molecular formula is C39H28IrN4O-2. The molecule has 221 valence electrons. The minimum Gasteiger partial charge on any atom is -0.486 e. The predicted molar refractivity (Wildman–Crippen MR) is 177 cm³/mol. The molecule has 0 aliphatic rings. The summed E-state index contributed by atoms with van der Waals surface area (Å²) in [5, 5.41) is 3.19. The van der Waals surface area contributed by atoms with Crippen LogP contribution >= 0.6 is 0 Å². The van der Waals surface area contributed by atoms with Crippen molar-refractivity contribution in [2.45, 2.75) is 20.8 Å². The maximum Gasteiger partial charge on any atom is 0.216 e. The summed E-state index contributed by atoms with van der Waals surface area (Å²) in [5.74, 6) is 0. The van der Waals surface area contributed by atoms with Gasteiger partial charge in [0.05, 0.1) is 11.1 Å². The number of pyridine rings is 4. The number of aromatic nitrogens is 4. The maximum absolute atomic E-state index is 6.16. The molecule has 1 radical (unpaired) electrons. The molecule has 0 bridgehead atoms. The van der Waals surface area contributed by atoms with Gasteiger partial charge in [-0.3, -0.25) is 4.98 Å². The standard InChI is InChI=1S/C27H18N3O.C12H10N.Ir/c1-16-8-9-22-21-5-3-6-23(26(21)31-27(22)30-16)25-15-18(12-14-29-25)19-10-11-24-20(17(19)2)7-4-13-28-24;1-10-7-8-12(13-9-10)11-5-3-2-4-6-11;/h3-5,7-15H,1-2H3;2-5,7-9H,1H3;/q2*-1;. The minimum absolute atomic E-state index is 0. The van der Waals surface area contributed by atoms with E-state index in [0.29, 0.717) is 5.71 Å². The summed E-state index contributed by atoms with van der Waals surface area (Å²) in [6.07, 6.45) is 5.54. The summed E-state index contributed by atoms with van der Waals surface area (Å²) in [5.41, 5.74) is 11.7. The Morgan fingerprint density at radius 3 is 2.40 bits per heavy atom. The van der Waals surface area contributed by atoms with Crippen molar-refractivity contribution in [2.75, 3.05) is 0 Å². The van der Waals surface area contributed by atoms with Crippen molar-refractivity contribution in [1.82, 2.24) is 19.9 Å². The van der Waals surface area contributed by atoms with Crippen molar-refractivity contribution in [3.8, 4) is 33.6 Å². The molecule has 5 heterocycles. The van der Waals surface area contributed by atoms with Crippen LogP contribution in [0.3, 0.4) is 0 Å². The van der Waals surface area contributed by atoms with Gasteiger partial charge in [0.15, 0.2) is 0 Å². The van der Waals surface area contributed by atoms with Crippen molar-refractivity contribution >= 4 is 33.0 Å². The van der Waals surface area contributed by atoms with Crippen LogP contribution in [0.15, 0.2) is 120 Å². The number of fused-ring (bicyclic) bond motifs is 4. The topological polar surface area (TPSA) is 64.7 Å². The Hall–Kier alpha value is -5.03. The van der Waals surface area contributed by atoms with Gasteiger partial charge in [-0.2, -0.15) is 0 Å². The Morgan fingerprint density at radius 2 is 1.58 bits per heavy atom. The zero-order valence-corrected chi connectivity index (χ0v) is 27.4. The second kappa shape index (κ2) is 12.9. The molecule has 0 fully saturated rings. The third-order valence-electron chi connectivity index (χ3n) is 7.72. The van der Waals surface area contributed by atoms with Crippen LogP contribution in [-0.4, -0.2) is 19.9 Å². The molecular weight excluding hydrogens is 733 g/mol. The third kappa shape index (κ3) is 6.03. The molecule has 0 aliphatic heterocycles. The van der Waals surface area contributed by atoms with E-state index in [-0.39, 0.29) is 20.1 Å². The van der Waals surface area contributed by atoms with E-state index in [4.69, 9.17) is 4.42 Å². The molecule has 8 aromatic rings. The summed E-state index contributed by atoms with van der Waals surface area (Å²) in [4.78, 5) is 18.0. The number of rotatable bonds is 3. The number of hydrogen-bond acceptors (Lipinski definition) is 5. The van der Waals surface area contributed by atoms with E-state index in [1.54, 1.807) is 0 Å². The fourth-order valence-corrected chi connectivity index (χ4v) is 5.43. The number of aryl methyl sites for hydroxylation is 3. The van der Waals surface area contributed by atoms with Crippen molar-refractivity contribution in [3.63, 3.8) is 0 Å². The van der Waals surface area contributed by atoms with E-state index in [0.717, 1.165) is 61.0 Å². The zero-order valence-electron chi connectivity index (χ0n) is 25.0. The molecule has 0 unspecified atom stereocenters. The van der Waals surface area contributed by atoms with Gasteiger partial charge in [0, 0.05) is 55.2 Å². The Balaban J connectivity index is 0.000000215. The van der Waals surface area contributed by atoms with Crippen LogP contribution < -0.4 is 0 Å². The zero-order chi connectivity index (χ0) is 30.0. The second-order valence-corrected chi connectivity index (χ2v) is 10.7. The van der Waals surface area contributed by atoms with Gasteiger partial charge in [0.1, 0.15) is 0 Å². The molecule has 0 atom stereocenters. The molecule has 3 aromatic carbocycles. The van der Waals surface area contributed by atoms with E-state index < -0.39 is 0 Å². The van der Waals surface area contributed by atoms with Gasteiger partial charge in [0.25, 0.3) is 0 Å². The molecule has 5 nitrogen and oxygen atoms in total. The maximum atomic E-state index is 6.16. The largest absolute Gasteiger partial charge is 0.486 e. The fraction of sp³-hybridized carbons (Fsp3) is 0.0769. The number of nitrogens with zero attached hydrogens (tertiary/aromatic N) is 4. The minimum atomic E-state index is 0. The average molecular weight is 761 g/mol. The van der Waals surface area contributed by atoms with Gasteiger partial charge >= 0.3 is 0 Å². The number of benzene rings is 3. The molecule has 0 spiro atoms. The first kappa shape index (κ1) is 30.0. The van der Waals surface area contributed by atoms with E-state index in [9.17, 15) is 0 Å². The van der Waals surface area contributed by atoms with Gasteiger partial charge in [-0.25, -0.2) is 4.98 Å². The summed E-state index contributed by atoms with van der Waals surface area (Å²) >= 11 is 0. The number of furan rings is 1. The van der Waals surface area contributed by atoms with Gasteiger partial charge in [0.2, 0.25) is 5.71 Å². The van der Waals surface area contributed by atoms with Gasteiger partial charge in [-0.1, -0.05) is 41.3 Å². The van der Waals surface area contributed by atoms with Crippen LogP contribution in [-0.2, 0) is 20.1 Å². The van der Waals surface area contributed by atoms with Gasteiger partial charge < -0.3 is 14.4 Å². The summed E-state index contributed by atoms with van der Waals surface area (Å²) in [6.45, 7) is 6.14. The summed E-state index contributed by atoms with van der Waals surface area (Å²) < 4.78 is 6.16. The van der Waals surface area contributed by atoms with E-state index >= 15 is 0 Å². The van der Waals surface area contributed by atoms with E-state index in [1.165, 1.54) is 16.7 Å². The normalized spacial score (nSPS) is 10.8. The van der Waals surface area contributed by atoms with Crippen LogP contribution in [0.2, 0.25) is 0 Å². The molecule has 8 rings (SSSR count).